The number of nitrogens with zero attached hydrogens (tertiary/aromatic N) is 2. The molecule has 2 aromatic rings. The molecule has 1 unspecified atom stereocenters. The Bertz CT molecular complexity index is 444. The minimum absolute atomic E-state index is 0.192. The predicted octanol–water partition coefficient (Wildman–Crippen LogP) is 2.57. The molecule has 1 N–H and O–H groups in total. The van der Waals surface area contributed by atoms with E-state index in [2.05, 4.69) is 22.4 Å². The monoisotopic (exact) mass is 237 g/mol. The fraction of sp³-hybridized carbons (Fsp3) is 0.273. The van der Waals surface area contributed by atoms with E-state index in [-0.39, 0.29) is 6.04 Å². The Morgan fingerprint density at radius 3 is 3.06 bits per heavy atom. The van der Waals surface area contributed by atoms with Crippen LogP contribution in [0.1, 0.15) is 24.2 Å². The van der Waals surface area contributed by atoms with Gasteiger partial charge in [0, 0.05) is 24.8 Å². The van der Waals surface area contributed by atoms with E-state index in [1.54, 1.807) is 12.5 Å². The van der Waals surface area contributed by atoms with E-state index < -0.39 is 0 Å². The third kappa shape index (κ3) is 2.81. The average Bonchev–Trinajstić information content (AvgIpc) is 2.78. The summed E-state index contributed by atoms with van der Waals surface area (Å²) in [6, 6.07) is 5.81. The zero-order chi connectivity index (χ0) is 11.4. The number of aromatic nitrogens is 2. The molecular weight excluding hydrogens is 226 g/mol. The predicted molar refractivity (Wildman–Crippen MR) is 61.0 cm³/mol. The first-order valence-corrected chi connectivity index (χ1v) is 5.37. The molecule has 0 spiro atoms. The Kier molecular flexibility index (Phi) is 3.54. The summed E-state index contributed by atoms with van der Waals surface area (Å²) in [5, 5.41) is 7.65. The highest BCUT2D eigenvalue weighted by atomic mass is 35.5. The molecule has 4 nitrogen and oxygen atoms in total. The second kappa shape index (κ2) is 5.09. The fourth-order valence-corrected chi connectivity index (χ4v) is 1.57. The molecule has 0 aliphatic heterocycles. The third-order valence-corrected chi connectivity index (χ3v) is 2.54. The lowest BCUT2D eigenvalue weighted by Crippen LogP contribution is -2.18. The molecule has 5 heteroatoms. The lowest BCUT2D eigenvalue weighted by Gasteiger charge is -2.12. The summed E-state index contributed by atoms with van der Waals surface area (Å²) >= 11 is 5.82. The summed E-state index contributed by atoms with van der Waals surface area (Å²) < 4.78 is 4.75. The largest absolute Gasteiger partial charge is 0.364 e. The van der Waals surface area contributed by atoms with Crippen LogP contribution in [0.25, 0.3) is 0 Å². The van der Waals surface area contributed by atoms with Crippen LogP contribution in [0.4, 0.5) is 0 Å². The van der Waals surface area contributed by atoms with E-state index in [0.717, 1.165) is 11.3 Å². The van der Waals surface area contributed by atoms with E-state index in [1.807, 2.05) is 18.2 Å². The molecule has 0 fully saturated rings. The molecule has 0 aromatic carbocycles. The van der Waals surface area contributed by atoms with Crippen LogP contribution in [0.2, 0.25) is 5.15 Å². The fourth-order valence-electron chi connectivity index (χ4n) is 1.39. The van der Waals surface area contributed by atoms with Gasteiger partial charge in [-0.05, 0) is 24.6 Å². The molecular formula is C11H12ClN3O. The minimum Gasteiger partial charge on any atom is -0.364 e. The Hall–Kier alpha value is -1.39. The summed E-state index contributed by atoms with van der Waals surface area (Å²) in [6.45, 7) is 2.73. The second-order valence-electron chi connectivity index (χ2n) is 3.51. The molecule has 0 amide bonds. The standard InChI is InChI=1S/C11H12ClN3O/c1-8(9-2-4-13-11(12)6-9)14-7-10-3-5-16-15-10/h2-6,8,14H,7H2,1H3. The average molecular weight is 238 g/mol. The lowest BCUT2D eigenvalue weighted by molar-refractivity contribution is 0.406. The first-order valence-electron chi connectivity index (χ1n) is 5.00. The van der Waals surface area contributed by atoms with Crippen molar-refractivity contribution in [1.29, 1.82) is 0 Å². The number of rotatable bonds is 4. The molecule has 2 heterocycles. The number of halogens is 1. The van der Waals surface area contributed by atoms with Gasteiger partial charge in [0.05, 0.1) is 5.69 Å². The zero-order valence-electron chi connectivity index (χ0n) is 8.85. The van der Waals surface area contributed by atoms with Crippen LogP contribution in [0, 0.1) is 0 Å². The molecule has 2 rings (SSSR count). The van der Waals surface area contributed by atoms with Gasteiger partial charge >= 0.3 is 0 Å². The zero-order valence-corrected chi connectivity index (χ0v) is 9.61. The highest BCUT2D eigenvalue weighted by molar-refractivity contribution is 6.29. The molecule has 0 saturated carbocycles. The molecule has 0 saturated heterocycles. The molecule has 0 radical (unpaired) electrons. The quantitative estimate of drug-likeness (QED) is 0.831. The molecule has 84 valence electrons. The van der Waals surface area contributed by atoms with Gasteiger partial charge in [0.2, 0.25) is 0 Å². The second-order valence-corrected chi connectivity index (χ2v) is 3.89. The normalized spacial score (nSPS) is 12.6. The van der Waals surface area contributed by atoms with E-state index in [0.29, 0.717) is 11.7 Å². The highest BCUT2D eigenvalue weighted by Crippen LogP contribution is 2.15. The molecule has 0 aliphatic carbocycles. The van der Waals surface area contributed by atoms with Crippen molar-refractivity contribution in [3.05, 3.63) is 47.1 Å². The van der Waals surface area contributed by atoms with Gasteiger partial charge in [0.1, 0.15) is 11.4 Å². The van der Waals surface area contributed by atoms with E-state index in [4.69, 9.17) is 16.1 Å². The lowest BCUT2D eigenvalue weighted by atomic mass is 10.1. The van der Waals surface area contributed by atoms with E-state index in [9.17, 15) is 0 Å². The van der Waals surface area contributed by atoms with Gasteiger partial charge in [0.25, 0.3) is 0 Å². The summed E-state index contributed by atoms with van der Waals surface area (Å²) in [7, 11) is 0. The number of hydrogen-bond acceptors (Lipinski definition) is 4. The summed E-state index contributed by atoms with van der Waals surface area (Å²) in [4.78, 5) is 3.94. The molecule has 0 aliphatic rings. The van der Waals surface area contributed by atoms with Crippen molar-refractivity contribution in [1.82, 2.24) is 15.5 Å². The molecule has 0 bridgehead atoms. The van der Waals surface area contributed by atoms with Crippen molar-refractivity contribution >= 4 is 11.6 Å². The van der Waals surface area contributed by atoms with Crippen molar-refractivity contribution in [3.63, 3.8) is 0 Å². The first kappa shape index (κ1) is 11.1. The number of nitrogens with one attached hydrogen (secondary N) is 1. The van der Waals surface area contributed by atoms with E-state index >= 15 is 0 Å². The van der Waals surface area contributed by atoms with Crippen LogP contribution in [0.3, 0.4) is 0 Å². The molecule has 1 atom stereocenters. The van der Waals surface area contributed by atoms with Crippen LogP contribution < -0.4 is 5.32 Å². The minimum atomic E-state index is 0.192. The summed E-state index contributed by atoms with van der Waals surface area (Å²) in [5.74, 6) is 0. The Labute approximate surface area is 98.6 Å². The van der Waals surface area contributed by atoms with Crippen molar-refractivity contribution in [3.8, 4) is 0 Å². The Morgan fingerprint density at radius 2 is 2.38 bits per heavy atom. The maximum absolute atomic E-state index is 5.82. The topological polar surface area (TPSA) is 51.0 Å². The Balaban J connectivity index is 1.95. The van der Waals surface area contributed by atoms with Crippen LogP contribution >= 0.6 is 11.6 Å². The first-order chi connectivity index (χ1) is 7.75. The third-order valence-electron chi connectivity index (χ3n) is 2.33. The van der Waals surface area contributed by atoms with Crippen molar-refractivity contribution in [2.24, 2.45) is 0 Å². The van der Waals surface area contributed by atoms with E-state index in [1.165, 1.54) is 0 Å². The number of hydrogen-bond donors (Lipinski definition) is 1. The Morgan fingerprint density at radius 1 is 1.50 bits per heavy atom. The molecule has 16 heavy (non-hydrogen) atoms. The highest BCUT2D eigenvalue weighted by Gasteiger charge is 2.06. The van der Waals surface area contributed by atoms with Crippen molar-refractivity contribution < 1.29 is 4.52 Å². The van der Waals surface area contributed by atoms with Crippen LogP contribution in [-0.4, -0.2) is 10.1 Å². The van der Waals surface area contributed by atoms with Gasteiger partial charge < -0.3 is 9.84 Å². The van der Waals surface area contributed by atoms with Gasteiger partial charge in [-0.2, -0.15) is 0 Å². The smallest absolute Gasteiger partial charge is 0.129 e. The number of pyridine rings is 1. The summed E-state index contributed by atoms with van der Waals surface area (Å²) in [5.41, 5.74) is 1.98. The SMILES string of the molecule is CC(NCc1ccon1)c1ccnc(Cl)c1. The summed E-state index contributed by atoms with van der Waals surface area (Å²) in [6.07, 6.45) is 3.26. The maximum Gasteiger partial charge on any atom is 0.129 e. The van der Waals surface area contributed by atoms with Gasteiger partial charge in [-0.1, -0.05) is 16.8 Å². The van der Waals surface area contributed by atoms with Crippen LogP contribution in [0.5, 0.6) is 0 Å². The van der Waals surface area contributed by atoms with Crippen LogP contribution in [0.15, 0.2) is 35.2 Å². The van der Waals surface area contributed by atoms with Crippen molar-refractivity contribution in [2.45, 2.75) is 19.5 Å². The van der Waals surface area contributed by atoms with Gasteiger partial charge in [-0.3, -0.25) is 0 Å². The molecule has 2 aromatic heterocycles. The van der Waals surface area contributed by atoms with Crippen LogP contribution in [-0.2, 0) is 6.54 Å². The van der Waals surface area contributed by atoms with Crippen molar-refractivity contribution in [2.75, 3.05) is 0 Å². The van der Waals surface area contributed by atoms with Gasteiger partial charge in [0.15, 0.2) is 0 Å². The van der Waals surface area contributed by atoms with Gasteiger partial charge in [-0.25, -0.2) is 4.98 Å². The maximum atomic E-state index is 5.82. The van der Waals surface area contributed by atoms with Gasteiger partial charge in [-0.15, -0.1) is 0 Å².